The number of fused-ring (bicyclic) bond motifs is 1. The number of aromatic nitrogens is 5. The second-order valence-electron chi connectivity index (χ2n) is 7.61. The van der Waals surface area contributed by atoms with Crippen LogP contribution >= 0.6 is 11.6 Å². The molecule has 1 aliphatic heterocycles. The fourth-order valence-corrected chi connectivity index (χ4v) is 3.72. The third-order valence-corrected chi connectivity index (χ3v) is 5.54. The third kappa shape index (κ3) is 4.28. The Hall–Kier alpha value is -3.93. The topological polar surface area (TPSA) is 246 Å². The number of aliphatic hydroxyl groups excluding tert-OH is 1. The standard InChI is InChI=1S/C18H16ClFN6O10/c19-17-23-11(21)9-12(24-17)26(4-22-9)13-8(20)10(27)7(35-13)3-34-18(15(30)31,16(32)33)2-5-1-6(14(28)29)25-36-5/h1,4,7-8,10,13,27H,2-3H2,(H,28,29)(H,30,31)(H,32,33)(H2,21,23,24)/t7-,8+,10-,13-/m1/s1. The maximum atomic E-state index is 15.0. The maximum absolute atomic E-state index is 15.0. The summed E-state index contributed by atoms with van der Waals surface area (Å²) in [5.74, 6) is -5.97. The zero-order chi connectivity index (χ0) is 26.4. The highest BCUT2D eigenvalue weighted by atomic mass is 35.5. The van der Waals surface area contributed by atoms with Crippen molar-refractivity contribution in [3.8, 4) is 0 Å². The number of nitrogens with zero attached hydrogens (tertiary/aromatic N) is 5. The van der Waals surface area contributed by atoms with E-state index in [2.05, 4.69) is 20.1 Å². The molecule has 0 aromatic carbocycles. The first-order chi connectivity index (χ1) is 16.9. The molecule has 0 unspecified atom stereocenters. The number of carboxylic acids is 3. The monoisotopic (exact) mass is 530 g/mol. The first-order valence-electron chi connectivity index (χ1n) is 9.87. The van der Waals surface area contributed by atoms with Gasteiger partial charge < -0.3 is 40.2 Å². The molecule has 1 aliphatic rings. The van der Waals surface area contributed by atoms with E-state index in [0.717, 1.165) is 17.0 Å². The fraction of sp³-hybridized carbons (Fsp3) is 0.389. The van der Waals surface area contributed by atoms with E-state index in [1.165, 1.54) is 0 Å². The van der Waals surface area contributed by atoms with Gasteiger partial charge in [-0.15, -0.1) is 0 Å². The molecule has 0 aliphatic carbocycles. The van der Waals surface area contributed by atoms with Crippen LogP contribution in [-0.4, -0.2) is 93.6 Å². The maximum Gasteiger partial charge on any atom is 0.358 e. The summed E-state index contributed by atoms with van der Waals surface area (Å²) in [7, 11) is 0. The smallest absolute Gasteiger partial charge is 0.358 e. The van der Waals surface area contributed by atoms with E-state index in [0.29, 0.717) is 0 Å². The van der Waals surface area contributed by atoms with Gasteiger partial charge >= 0.3 is 17.9 Å². The predicted molar refractivity (Wildman–Crippen MR) is 111 cm³/mol. The SMILES string of the molecule is Nc1nc(Cl)nc2c1ncn2[C@@H]1O[C@H](COC(Cc2cc(C(=O)O)no2)(C(=O)O)C(=O)O)[C@@H](O)[C@@H]1F. The average Bonchev–Trinajstić information content (AvgIpc) is 3.50. The average molecular weight is 531 g/mol. The summed E-state index contributed by atoms with van der Waals surface area (Å²) < 4.78 is 31.4. The molecule has 1 fully saturated rings. The summed E-state index contributed by atoms with van der Waals surface area (Å²) in [5.41, 5.74) is 2.17. The van der Waals surface area contributed by atoms with Gasteiger partial charge in [0.15, 0.2) is 29.6 Å². The summed E-state index contributed by atoms with van der Waals surface area (Å²) in [6.45, 7) is -0.902. The fourth-order valence-electron chi connectivity index (χ4n) is 3.55. The van der Waals surface area contributed by atoms with Crippen molar-refractivity contribution >= 4 is 46.5 Å². The number of nitrogen functional groups attached to an aromatic ring is 1. The Morgan fingerprint density at radius 3 is 2.56 bits per heavy atom. The normalized spacial score (nSPS) is 22.2. The number of carbonyl (C=O) groups is 3. The molecule has 0 saturated carbocycles. The molecular weight excluding hydrogens is 515 g/mol. The zero-order valence-corrected chi connectivity index (χ0v) is 18.4. The lowest BCUT2D eigenvalue weighted by Gasteiger charge is -2.26. The first kappa shape index (κ1) is 25.2. The molecule has 0 bridgehead atoms. The molecule has 0 amide bonds. The van der Waals surface area contributed by atoms with E-state index in [-0.39, 0.29) is 22.3 Å². The predicted octanol–water partition coefficient (Wildman–Crippen LogP) is -0.488. The van der Waals surface area contributed by atoms with E-state index in [1.54, 1.807) is 0 Å². The number of ether oxygens (including phenoxy) is 2. The second kappa shape index (κ2) is 9.26. The number of nitrogens with two attached hydrogens (primary N) is 1. The van der Waals surface area contributed by atoms with Crippen LogP contribution in [0, 0.1) is 0 Å². The van der Waals surface area contributed by atoms with Gasteiger partial charge in [0.1, 0.15) is 23.5 Å². The number of hydrogen-bond acceptors (Lipinski definition) is 12. The summed E-state index contributed by atoms with van der Waals surface area (Å²) in [5, 5.41) is 41.4. The molecule has 0 radical (unpaired) electrons. The van der Waals surface area contributed by atoms with Crippen molar-refractivity contribution < 1.29 is 53.2 Å². The Balaban J connectivity index is 1.56. The van der Waals surface area contributed by atoms with E-state index in [4.69, 9.17) is 36.4 Å². The third-order valence-electron chi connectivity index (χ3n) is 5.38. The molecule has 1 saturated heterocycles. The van der Waals surface area contributed by atoms with Crippen LogP contribution in [0.1, 0.15) is 22.5 Å². The first-order valence-corrected chi connectivity index (χ1v) is 10.2. The van der Waals surface area contributed by atoms with Gasteiger partial charge in [-0.2, -0.15) is 9.97 Å². The molecule has 18 heteroatoms. The summed E-state index contributed by atoms with van der Waals surface area (Å²) in [6, 6.07) is 0.823. The Kier molecular flexibility index (Phi) is 6.48. The minimum atomic E-state index is -3.01. The van der Waals surface area contributed by atoms with Crippen LogP contribution < -0.4 is 5.73 Å². The van der Waals surface area contributed by atoms with Crippen molar-refractivity contribution in [3.05, 3.63) is 29.1 Å². The number of aliphatic hydroxyl groups is 1. The van der Waals surface area contributed by atoms with Crippen LogP contribution in [0.5, 0.6) is 0 Å². The van der Waals surface area contributed by atoms with Crippen LogP contribution in [0.15, 0.2) is 16.9 Å². The minimum Gasteiger partial charge on any atom is -0.479 e. The van der Waals surface area contributed by atoms with Crippen molar-refractivity contribution in [1.82, 2.24) is 24.7 Å². The highest BCUT2D eigenvalue weighted by molar-refractivity contribution is 6.28. The number of halogens is 2. The Bertz CT molecular complexity index is 1330. The molecule has 0 spiro atoms. The molecule has 4 heterocycles. The van der Waals surface area contributed by atoms with E-state index < -0.39 is 72.6 Å². The summed E-state index contributed by atoms with van der Waals surface area (Å²) in [6.07, 6.45) is -6.94. The number of aliphatic carboxylic acids is 2. The Morgan fingerprint density at radius 2 is 1.94 bits per heavy atom. The van der Waals surface area contributed by atoms with Gasteiger partial charge in [-0.05, 0) is 11.6 Å². The van der Waals surface area contributed by atoms with Gasteiger partial charge in [-0.3, -0.25) is 4.57 Å². The highest BCUT2D eigenvalue weighted by Gasteiger charge is 2.52. The van der Waals surface area contributed by atoms with Crippen LogP contribution in [0.25, 0.3) is 11.2 Å². The summed E-state index contributed by atoms with van der Waals surface area (Å²) in [4.78, 5) is 46.4. The van der Waals surface area contributed by atoms with Gasteiger partial charge in [0.05, 0.1) is 19.4 Å². The summed E-state index contributed by atoms with van der Waals surface area (Å²) >= 11 is 5.79. The highest BCUT2D eigenvalue weighted by Crippen LogP contribution is 2.35. The van der Waals surface area contributed by atoms with Gasteiger partial charge in [-0.1, -0.05) is 5.16 Å². The minimum absolute atomic E-state index is 0.0149. The number of imidazole rings is 1. The van der Waals surface area contributed by atoms with E-state index in [1.807, 2.05) is 0 Å². The number of alkyl halides is 1. The second-order valence-corrected chi connectivity index (χ2v) is 7.95. The van der Waals surface area contributed by atoms with Crippen molar-refractivity contribution in [2.24, 2.45) is 0 Å². The molecular formula is C18H16ClFN6O10. The van der Waals surface area contributed by atoms with Crippen molar-refractivity contribution in [2.75, 3.05) is 12.3 Å². The van der Waals surface area contributed by atoms with Crippen molar-refractivity contribution in [3.63, 3.8) is 0 Å². The lowest BCUT2D eigenvalue weighted by Crippen LogP contribution is -2.52. The number of anilines is 1. The number of rotatable bonds is 9. The number of aromatic carboxylic acids is 1. The van der Waals surface area contributed by atoms with Crippen LogP contribution in [0.3, 0.4) is 0 Å². The molecule has 3 aromatic heterocycles. The number of carboxylic acid groups (broad SMARTS) is 3. The molecule has 3 aromatic rings. The van der Waals surface area contributed by atoms with E-state index in [9.17, 15) is 34.1 Å². The Labute approximate surface area is 203 Å². The molecule has 6 N–H and O–H groups in total. The number of hydrogen-bond donors (Lipinski definition) is 5. The van der Waals surface area contributed by atoms with Gasteiger partial charge in [0.2, 0.25) is 5.28 Å². The van der Waals surface area contributed by atoms with Gasteiger partial charge in [0, 0.05) is 6.07 Å². The van der Waals surface area contributed by atoms with Gasteiger partial charge in [0.25, 0.3) is 5.60 Å². The largest absolute Gasteiger partial charge is 0.479 e. The zero-order valence-electron chi connectivity index (χ0n) is 17.7. The quantitative estimate of drug-likeness (QED) is 0.173. The van der Waals surface area contributed by atoms with Crippen LogP contribution in [-0.2, 0) is 25.5 Å². The van der Waals surface area contributed by atoms with Crippen molar-refractivity contribution in [1.29, 1.82) is 0 Å². The lowest BCUT2D eigenvalue weighted by molar-refractivity contribution is -0.190. The lowest BCUT2D eigenvalue weighted by atomic mass is 9.97. The van der Waals surface area contributed by atoms with Gasteiger partial charge in [-0.25, -0.2) is 23.8 Å². The molecule has 4 atom stereocenters. The molecule has 192 valence electrons. The van der Waals surface area contributed by atoms with Crippen LogP contribution in [0.4, 0.5) is 10.2 Å². The van der Waals surface area contributed by atoms with E-state index >= 15 is 0 Å². The van der Waals surface area contributed by atoms with Crippen molar-refractivity contribution in [2.45, 2.75) is 36.6 Å². The molecule has 16 nitrogen and oxygen atoms in total. The molecule has 4 rings (SSSR count). The molecule has 36 heavy (non-hydrogen) atoms. The Morgan fingerprint density at radius 1 is 1.25 bits per heavy atom. The van der Waals surface area contributed by atoms with Crippen LogP contribution in [0.2, 0.25) is 5.28 Å².